The maximum Gasteiger partial charge on any atom is 0.433 e. The van der Waals surface area contributed by atoms with Crippen LogP contribution in [-0.2, 0) is 12.6 Å². The molecule has 0 unspecified atom stereocenters. The van der Waals surface area contributed by atoms with Crippen LogP contribution in [0.2, 0.25) is 0 Å². The summed E-state index contributed by atoms with van der Waals surface area (Å²) in [5.74, 6) is 0.631. The second-order valence-electron chi connectivity index (χ2n) is 6.64. The first-order valence-corrected chi connectivity index (χ1v) is 8.43. The highest BCUT2D eigenvalue weighted by Gasteiger charge is 2.32. The Morgan fingerprint density at radius 2 is 1.89 bits per heavy atom. The molecule has 0 saturated heterocycles. The van der Waals surface area contributed by atoms with Crippen LogP contribution in [0.25, 0.3) is 22.4 Å². The van der Waals surface area contributed by atoms with Crippen LogP contribution in [0.3, 0.4) is 0 Å². The number of aromatic nitrogens is 4. The predicted molar refractivity (Wildman–Crippen MR) is 91.2 cm³/mol. The first-order chi connectivity index (χ1) is 12.9. The number of nitrogens with zero attached hydrogens (tertiary/aromatic N) is 4. The normalized spacial score (nSPS) is 14.1. The molecule has 1 fully saturated rings. The lowest BCUT2D eigenvalue weighted by Gasteiger charge is -2.10. The number of nitriles is 1. The van der Waals surface area contributed by atoms with Gasteiger partial charge in [-0.25, -0.2) is 5.10 Å². The molecule has 0 amide bonds. The highest BCUT2D eigenvalue weighted by atomic mass is 19.4. The minimum absolute atomic E-state index is 0.245. The smallest absolute Gasteiger partial charge is 0.251 e. The van der Waals surface area contributed by atoms with Crippen molar-refractivity contribution < 1.29 is 13.2 Å². The number of rotatable bonds is 4. The molecule has 0 spiro atoms. The van der Waals surface area contributed by atoms with Gasteiger partial charge in [-0.15, -0.1) is 5.10 Å². The van der Waals surface area contributed by atoms with Gasteiger partial charge in [0.1, 0.15) is 17.5 Å². The Kier molecular flexibility index (Phi) is 4.15. The second-order valence-corrected chi connectivity index (χ2v) is 6.64. The van der Waals surface area contributed by atoms with E-state index in [1.807, 2.05) is 18.2 Å². The number of nitrogens with one attached hydrogen (secondary N) is 1. The average Bonchev–Trinajstić information content (AvgIpc) is 3.33. The Balaban J connectivity index is 1.77. The molecule has 3 aromatic rings. The van der Waals surface area contributed by atoms with E-state index in [0.29, 0.717) is 22.7 Å². The zero-order chi connectivity index (χ0) is 19.0. The van der Waals surface area contributed by atoms with Crippen molar-refractivity contribution in [1.82, 2.24) is 20.4 Å². The first-order valence-electron chi connectivity index (χ1n) is 8.43. The Hall–Kier alpha value is -3.21. The monoisotopic (exact) mass is 369 g/mol. The van der Waals surface area contributed by atoms with E-state index in [1.165, 1.54) is 25.1 Å². The molecule has 0 atom stereocenters. The molecule has 0 radical (unpaired) electrons. The lowest BCUT2D eigenvalue weighted by molar-refractivity contribution is -0.141. The van der Waals surface area contributed by atoms with E-state index in [2.05, 4.69) is 20.4 Å². The molecule has 5 nitrogen and oxygen atoms in total. The number of aromatic amines is 1. The van der Waals surface area contributed by atoms with Crippen molar-refractivity contribution >= 4 is 0 Å². The third-order valence-electron chi connectivity index (χ3n) is 4.54. The third kappa shape index (κ3) is 3.67. The number of H-pyrrole nitrogens is 1. The zero-order valence-corrected chi connectivity index (χ0v) is 14.1. The van der Waals surface area contributed by atoms with Crippen LogP contribution in [0.15, 0.2) is 36.5 Å². The molecule has 1 aliphatic rings. The van der Waals surface area contributed by atoms with Gasteiger partial charge in [0.2, 0.25) is 0 Å². The highest BCUT2D eigenvalue weighted by molar-refractivity contribution is 5.74. The van der Waals surface area contributed by atoms with E-state index in [4.69, 9.17) is 0 Å². The van der Waals surface area contributed by atoms with Gasteiger partial charge >= 0.3 is 6.18 Å². The molecule has 1 aliphatic carbocycles. The standard InChI is InChI=1S/C19H14F3N5/c20-19(21,22)17-4-3-13(10-24-17)14-6-12(5-11-1-2-11)7-15(8-14)18-16(9-23)25-27-26-18/h3-4,6-8,10-11H,1-2,5H2,(H,25,26,27). The van der Waals surface area contributed by atoms with Crippen molar-refractivity contribution in [3.8, 4) is 28.5 Å². The molecule has 0 bridgehead atoms. The number of halogens is 3. The molecule has 1 N–H and O–H groups in total. The van der Waals surface area contributed by atoms with E-state index in [-0.39, 0.29) is 5.69 Å². The lowest BCUT2D eigenvalue weighted by atomic mass is 9.96. The minimum Gasteiger partial charge on any atom is -0.251 e. The molecule has 8 heteroatoms. The molecular formula is C19H14F3N5. The number of hydrogen-bond acceptors (Lipinski definition) is 4. The number of hydrogen-bond donors (Lipinski definition) is 1. The van der Waals surface area contributed by atoms with Crippen LogP contribution in [0.1, 0.15) is 29.8 Å². The van der Waals surface area contributed by atoms with Crippen LogP contribution < -0.4 is 0 Å². The molecule has 2 heterocycles. The number of benzene rings is 1. The van der Waals surface area contributed by atoms with Gasteiger partial charge in [0, 0.05) is 17.3 Å². The molecule has 27 heavy (non-hydrogen) atoms. The van der Waals surface area contributed by atoms with Crippen molar-refractivity contribution in [3.63, 3.8) is 0 Å². The Morgan fingerprint density at radius 3 is 2.52 bits per heavy atom. The van der Waals surface area contributed by atoms with Crippen LogP contribution >= 0.6 is 0 Å². The van der Waals surface area contributed by atoms with Gasteiger partial charge in [-0.3, -0.25) is 4.98 Å². The summed E-state index contributed by atoms with van der Waals surface area (Å²) in [4.78, 5) is 3.54. The molecular weight excluding hydrogens is 355 g/mol. The molecule has 1 saturated carbocycles. The van der Waals surface area contributed by atoms with Crippen molar-refractivity contribution in [2.45, 2.75) is 25.4 Å². The van der Waals surface area contributed by atoms with Gasteiger partial charge < -0.3 is 0 Å². The maximum atomic E-state index is 12.8. The van der Waals surface area contributed by atoms with Gasteiger partial charge in [-0.2, -0.15) is 18.4 Å². The SMILES string of the molecule is N#Cc1[nH]nnc1-c1cc(CC2CC2)cc(-c2ccc(C(F)(F)F)nc2)c1. The fraction of sp³-hybridized carbons (Fsp3) is 0.263. The van der Waals surface area contributed by atoms with Gasteiger partial charge in [-0.05, 0) is 54.5 Å². The van der Waals surface area contributed by atoms with Crippen molar-refractivity contribution in [2.75, 3.05) is 0 Å². The summed E-state index contributed by atoms with van der Waals surface area (Å²) in [6, 6.07) is 10.1. The summed E-state index contributed by atoms with van der Waals surface area (Å²) >= 11 is 0. The molecule has 136 valence electrons. The lowest BCUT2D eigenvalue weighted by Crippen LogP contribution is -2.07. The largest absolute Gasteiger partial charge is 0.433 e. The Morgan fingerprint density at radius 1 is 1.11 bits per heavy atom. The Bertz CT molecular complexity index is 1010. The zero-order valence-electron chi connectivity index (χ0n) is 14.1. The van der Waals surface area contributed by atoms with Crippen molar-refractivity contribution in [3.05, 3.63) is 53.5 Å². The Labute approximate surface area is 152 Å². The van der Waals surface area contributed by atoms with E-state index in [1.54, 1.807) is 6.07 Å². The molecule has 0 aliphatic heterocycles. The van der Waals surface area contributed by atoms with Crippen molar-refractivity contribution in [2.24, 2.45) is 5.92 Å². The van der Waals surface area contributed by atoms with Gasteiger partial charge in [-0.1, -0.05) is 17.3 Å². The second kappa shape index (κ2) is 6.50. The highest BCUT2D eigenvalue weighted by Crippen LogP contribution is 2.36. The quantitative estimate of drug-likeness (QED) is 0.740. The fourth-order valence-electron chi connectivity index (χ4n) is 3.01. The maximum absolute atomic E-state index is 12.8. The third-order valence-corrected chi connectivity index (χ3v) is 4.54. The molecule has 2 aromatic heterocycles. The first kappa shape index (κ1) is 17.2. The summed E-state index contributed by atoms with van der Waals surface area (Å²) in [5.41, 5.74) is 2.81. The summed E-state index contributed by atoms with van der Waals surface area (Å²) in [5, 5.41) is 19.4. The van der Waals surface area contributed by atoms with Gasteiger partial charge in [0.25, 0.3) is 0 Å². The summed E-state index contributed by atoms with van der Waals surface area (Å²) in [7, 11) is 0. The molecule has 4 rings (SSSR count). The van der Waals surface area contributed by atoms with Crippen LogP contribution in [0, 0.1) is 17.2 Å². The van der Waals surface area contributed by atoms with Crippen LogP contribution in [-0.4, -0.2) is 20.4 Å². The number of alkyl halides is 3. The van der Waals surface area contributed by atoms with E-state index in [0.717, 1.165) is 23.6 Å². The van der Waals surface area contributed by atoms with Gasteiger partial charge in [0.05, 0.1) is 0 Å². The average molecular weight is 369 g/mol. The summed E-state index contributed by atoms with van der Waals surface area (Å²) in [6.45, 7) is 0. The summed E-state index contributed by atoms with van der Waals surface area (Å²) in [6.07, 6.45) is -0.0188. The van der Waals surface area contributed by atoms with Crippen LogP contribution in [0.5, 0.6) is 0 Å². The van der Waals surface area contributed by atoms with Crippen LogP contribution in [0.4, 0.5) is 13.2 Å². The van der Waals surface area contributed by atoms with E-state index in [9.17, 15) is 18.4 Å². The van der Waals surface area contributed by atoms with E-state index < -0.39 is 11.9 Å². The fourth-order valence-corrected chi connectivity index (χ4v) is 3.01. The molecule has 1 aromatic carbocycles. The summed E-state index contributed by atoms with van der Waals surface area (Å²) < 4.78 is 38.3. The minimum atomic E-state index is -4.47. The predicted octanol–water partition coefficient (Wildman–Crippen LogP) is 4.38. The van der Waals surface area contributed by atoms with E-state index >= 15 is 0 Å². The van der Waals surface area contributed by atoms with Gasteiger partial charge in [0.15, 0.2) is 5.69 Å². The number of pyridine rings is 1. The topological polar surface area (TPSA) is 78.2 Å². The van der Waals surface area contributed by atoms with Crippen molar-refractivity contribution in [1.29, 1.82) is 5.26 Å².